The number of Topliss-reactive ketones (excluding diaryl/α,β-unsaturated/α-hetero) is 1. The number of piperidine rings is 1. The third-order valence-corrected chi connectivity index (χ3v) is 7.41. The van der Waals surface area contributed by atoms with Crippen molar-refractivity contribution < 1.29 is 42.8 Å². The molecule has 0 radical (unpaired) electrons. The molecule has 0 unspecified atom stereocenters. The number of ether oxygens (including phenoxy) is 6. The van der Waals surface area contributed by atoms with Gasteiger partial charge in [0.05, 0.1) is 42.1 Å². The summed E-state index contributed by atoms with van der Waals surface area (Å²) in [7, 11) is 7.45. The van der Waals surface area contributed by atoms with Crippen molar-refractivity contribution in [2.24, 2.45) is 0 Å². The van der Waals surface area contributed by atoms with E-state index < -0.39 is 17.7 Å². The Labute approximate surface area is 233 Å². The highest BCUT2D eigenvalue weighted by Crippen LogP contribution is 2.39. The van der Waals surface area contributed by atoms with Gasteiger partial charge in [0.15, 0.2) is 23.0 Å². The number of benzene rings is 2. The molecule has 0 spiro atoms. The predicted molar refractivity (Wildman–Crippen MR) is 145 cm³/mol. The molecule has 4 rings (SSSR count). The smallest absolute Gasteiger partial charge is 0.295 e. The number of nitrogens with zero attached hydrogens (tertiary/aromatic N) is 2. The number of hydrogen-bond donors (Lipinski definition) is 0. The van der Waals surface area contributed by atoms with E-state index in [1.54, 1.807) is 37.3 Å². The zero-order valence-corrected chi connectivity index (χ0v) is 23.6. The van der Waals surface area contributed by atoms with Gasteiger partial charge in [-0.15, -0.1) is 0 Å². The zero-order chi connectivity index (χ0) is 28.8. The first-order valence-electron chi connectivity index (χ1n) is 13.2. The summed E-state index contributed by atoms with van der Waals surface area (Å²) in [6.45, 7) is 1.08. The second kappa shape index (κ2) is 12.8. The fraction of sp³-hybridized carbons (Fsp3) is 0.483. The number of amides is 2. The lowest BCUT2D eigenvalue weighted by Gasteiger charge is -2.39. The van der Waals surface area contributed by atoms with E-state index in [1.807, 2.05) is 0 Å². The van der Waals surface area contributed by atoms with Crippen LogP contribution in [0.2, 0.25) is 0 Å². The van der Waals surface area contributed by atoms with Crippen LogP contribution < -0.4 is 28.4 Å². The molecule has 2 aromatic carbocycles. The summed E-state index contributed by atoms with van der Waals surface area (Å²) >= 11 is 0. The van der Waals surface area contributed by atoms with Gasteiger partial charge < -0.3 is 38.2 Å². The van der Waals surface area contributed by atoms with Crippen molar-refractivity contribution in [2.75, 3.05) is 55.2 Å². The van der Waals surface area contributed by atoms with E-state index in [9.17, 15) is 14.4 Å². The van der Waals surface area contributed by atoms with E-state index in [-0.39, 0.29) is 35.6 Å². The van der Waals surface area contributed by atoms with Crippen molar-refractivity contribution in [1.29, 1.82) is 0 Å². The number of carbonyl (C=O) groups is 3. The molecule has 2 atom stereocenters. The van der Waals surface area contributed by atoms with Gasteiger partial charge in [0.2, 0.25) is 11.7 Å². The maximum Gasteiger partial charge on any atom is 0.295 e. The van der Waals surface area contributed by atoms with Crippen LogP contribution in [0.5, 0.6) is 34.5 Å². The standard InChI is InChI=1S/C29H36N2O9/c1-35-22-10-9-20(17-23(22)36-2)40-14-13-30-12-11-19-7-6-8-21(28(30)33)31(19)29(34)26(32)18-15-24(37-3)27(39-5)25(16-18)38-4/h9-10,15-17,19,21H,6-8,11-14H2,1-5H3/t19-,21+/m1/s1. The minimum atomic E-state index is -0.728. The van der Waals surface area contributed by atoms with E-state index in [2.05, 4.69) is 0 Å². The molecule has 2 bridgehead atoms. The number of rotatable bonds is 11. The van der Waals surface area contributed by atoms with Crippen LogP contribution >= 0.6 is 0 Å². The Bertz CT molecular complexity index is 1220. The minimum Gasteiger partial charge on any atom is -0.493 e. The summed E-state index contributed by atoms with van der Waals surface area (Å²) in [6, 6.07) is 7.24. The van der Waals surface area contributed by atoms with Crippen molar-refractivity contribution in [3.63, 3.8) is 0 Å². The van der Waals surface area contributed by atoms with Crippen LogP contribution in [0.3, 0.4) is 0 Å². The highest BCUT2D eigenvalue weighted by Gasteiger charge is 2.44. The summed E-state index contributed by atoms with van der Waals surface area (Å²) in [5.74, 6) is 0.977. The summed E-state index contributed by atoms with van der Waals surface area (Å²) < 4.78 is 32.5. The van der Waals surface area contributed by atoms with Gasteiger partial charge in [0.1, 0.15) is 18.4 Å². The van der Waals surface area contributed by atoms with E-state index >= 15 is 0 Å². The Morgan fingerprint density at radius 2 is 1.50 bits per heavy atom. The molecule has 11 heteroatoms. The highest BCUT2D eigenvalue weighted by atomic mass is 16.5. The maximum absolute atomic E-state index is 13.6. The highest BCUT2D eigenvalue weighted by molar-refractivity contribution is 6.43. The molecule has 0 saturated carbocycles. The van der Waals surface area contributed by atoms with Crippen molar-refractivity contribution in [1.82, 2.24) is 9.80 Å². The molecule has 216 valence electrons. The van der Waals surface area contributed by atoms with E-state index in [0.717, 1.165) is 12.8 Å². The van der Waals surface area contributed by atoms with Gasteiger partial charge in [0.25, 0.3) is 11.7 Å². The summed E-state index contributed by atoms with van der Waals surface area (Å²) in [5.41, 5.74) is 0.106. The number of carbonyl (C=O) groups excluding carboxylic acids is 3. The molecular weight excluding hydrogens is 520 g/mol. The predicted octanol–water partition coefficient (Wildman–Crippen LogP) is 2.97. The fourth-order valence-corrected chi connectivity index (χ4v) is 5.39. The monoisotopic (exact) mass is 556 g/mol. The quantitative estimate of drug-likeness (QED) is 0.305. The first-order valence-corrected chi connectivity index (χ1v) is 13.2. The lowest BCUT2D eigenvalue weighted by Crippen LogP contribution is -2.55. The molecule has 2 aromatic rings. The van der Waals surface area contributed by atoms with Crippen molar-refractivity contribution in [2.45, 2.75) is 37.8 Å². The van der Waals surface area contributed by atoms with Crippen LogP contribution in [0.15, 0.2) is 30.3 Å². The molecule has 0 N–H and O–H groups in total. The molecule has 40 heavy (non-hydrogen) atoms. The molecule has 2 amide bonds. The summed E-state index contributed by atoms with van der Waals surface area (Å²) in [6.07, 6.45) is 2.61. The second-order valence-corrected chi connectivity index (χ2v) is 9.54. The Morgan fingerprint density at radius 3 is 2.12 bits per heavy atom. The van der Waals surface area contributed by atoms with Gasteiger partial charge in [-0.25, -0.2) is 0 Å². The van der Waals surface area contributed by atoms with Crippen LogP contribution in [0.25, 0.3) is 0 Å². The summed E-state index contributed by atoms with van der Waals surface area (Å²) in [4.78, 5) is 43.9. The van der Waals surface area contributed by atoms with E-state index in [0.29, 0.717) is 48.9 Å². The van der Waals surface area contributed by atoms with E-state index in [4.69, 9.17) is 28.4 Å². The third-order valence-electron chi connectivity index (χ3n) is 7.41. The SMILES string of the molecule is COc1ccc(OCCN2CC[C@H]3CCC[C@@H](C2=O)N3C(=O)C(=O)c2cc(OC)c(OC)c(OC)c2)cc1OC. The molecule has 0 aromatic heterocycles. The molecule has 2 heterocycles. The number of methoxy groups -OCH3 is 5. The van der Waals surface area contributed by atoms with Gasteiger partial charge in [-0.05, 0) is 49.9 Å². The number of fused-ring (bicyclic) bond motifs is 2. The topological polar surface area (TPSA) is 113 Å². The lowest BCUT2D eigenvalue weighted by molar-refractivity contribution is -0.145. The normalized spacial score (nSPS) is 18.5. The van der Waals surface area contributed by atoms with Crippen molar-refractivity contribution in [3.05, 3.63) is 35.9 Å². The van der Waals surface area contributed by atoms with Crippen molar-refractivity contribution >= 4 is 17.6 Å². The van der Waals surface area contributed by atoms with Crippen LogP contribution in [0, 0.1) is 0 Å². The van der Waals surface area contributed by atoms with Gasteiger partial charge >= 0.3 is 0 Å². The first kappa shape index (κ1) is 28.8. The third kappa shape index (κ3) is 5.73. The van der Waals surface area contributed by atoms with Crippen LogP contribution in [-0.2, 0) is 9.59 Å². The molecule has 2 fully saturated rings. The zero-order valence-electron chi connectivity index (χ0n) is 23.6. The average molecular weight is 557 g/mol. The minimum absolute atomic E-state index is 0.106. The lowest BCUT2D eigenvalue weighted by atomic mass is 9.93. The number of hydrogen-bond acceptors (Lipinski definition) is 9. The van der Waals surface area contributed by atoms with Crippen molar-refractivity contribution in [3.8, 4) is 34.5 Å². The van der Waals surface area contributed by atoms with E-state index in [1.165, 1.54) is 38.4 Å². The van der Waals surface area contributed by atoms with Crippen LogP contribution in [-0.4, -0.2) is 94.7 Å². The van der Waals surface area contributed by atoms with Crippen LogP contribution in [0.1, 0.15) is 36.0 Å². The molecule has 2 saturated heterocycles. The molecule has 2 aliphatic heterocycles. The molecule has 2 aliphatic rings. The Morgan fingerprint density at radius 1 is 0.825 bits per heavy atom. The summed E-state index contributed by atoms with van der Waals surface area (Å²) in [5, 5.41) is 0. The van der Waals surface area contributed by atoms with Gasteiger partial charge in [-0.1, -0.05) is 0 Å². The number of ketones is 1. The van der Waals surface area contributed by atoms with Gasteiger partial charge in [-0.3, -0.25) is 14.4 Å². The first-order chi connectivity index (χ1) is 19.4. The Hall–Kier alpha value is -4.15. The second-order valence-electron chi connectivity index (χ2n) is 9.54. The molecular formula is C29H36N2O9. The van der Waals surface area contributed by atoms with Gasteiger partial charge in [-0.2, -0.15) is 0 Å². The fourth-order valence-electron chi connectivity index (χ4n) is 5.39. The van der Waals surface area contributed by atoms with Gasteiger partial charge in [0, 0.05) is 24.2 Å². The Balaban J connectivity index is 1.48. The van der Waals surface area contributed by atoms with Crippen LogP contribution in [0.4, 0.5) is 0 Å². The average Bonchev–Trinajstić information content (AvgIpc) is 3.06. The Kier molecular flexibility index (Phi) is 9.23. The molecule has 0 aliphatic carbocycles. The molecule has 11 nitrogen and oxygen atoms in total. The largest absolute Gasteiger partial charge is 0.493 e. The maximum atomic E-state index is 13.6.